The summed E-state index contributed by atoms with van der Waals surface area (Å²) in [6, 6.07) is 8.20. The summed E-state index contributed by atoms with van der Waals surface area (Å²) >= 11 is 0. The standard InChI is InChI=1S/5C10H16N2/c1-7(2)9-5-11-6-10(12-9)8(3)4;1-7(2)9-5-10(8(3)4)12-6-11-9;1-7(2)9-10(8(3)4)12-6-5-11-9;1-7(2)9-5-6-11-10(12-9)8(3)4;1-7(2)9-5-6-10(8(3)4)12-11-9/h5*5-8H,1-4H3. The largest absolute Gasteiger partial charge is 0.261 e. The summed E-state index contributed by atoms with van der Waals surface area (Å²) in [6.45, 7) is 42.7. The van der Waals surface area contributed by atoms with Gasteiger partial charge in [-0.15, -0.1) is 0 Å². The van der Waals surface area contributed by atoms with Crippen LogP contribution >= 0.6 is 0 Å². The Morgan fingerprint density at radius 1 is 0.317 bits per heavy atom. The molecule has 0 aromatic carbocycles. The molecule has 60 heavy (non-hydrogen) atoms. The minimum atomic E-state index is 0.420. The van der Waals surface area contributed by atoms with E-state index in [-0.39, 0.29) is 0 Å². The fourth-order valence-electron chi connectivity index (χ4n) is 5.18. The number of aromatic nitrogens is 10. The molecule has 0 saturated heterocycles. The lowest BCUT2D eigenvalue weighted by molar-refractivity contribution is 0.726. The second-order valence-corrected chi connectivity index (χ2v) is 18.3. The Balaban J connectivity index is 0.000000375. The Morgan fingerprint density at radius 2 is 0.700 bits per heavy atom. The summed E-state index contributed by atoms with van der Waals surface area (Å²) in [7, 11) is 0. The molecule has 0 N–H and O–H groups in total. The van der Waals surface area contributed by atoms with E-state index >= 15 is 0 Å². The highest BCUT2D eigenvalue weighted by atomic mass is 15.1. The average Bonchev–Trinajstić information content (AvgIpc) is 3.21. The zero-order valence-electron chi connectivity index (χ0n) is 41.0. The maximum Gasteiger partial charge on any atom is 0.131 e. The fraction of sp³-hybridized carbons (Fsp3) is 0.600. The summed E-state index contributed by atoms with van der Waals surface area (Å²) in [5, 5.41) is 8.30. The van der Waals surface area contributed by atoms with Crippen LogP contribution < -0.4 is 0 Å². The van der Waals surface area contributed by atoms with Crippen molar-refractivity contribution in [3.8, 4) is 0 Å². The van der Waals surface area contributed by atoms with Crippen LogP contribution in [0, 0.1) is 0 Å². The molecule has 5 rings (SSSR count). The highest BCUT2D eigenvalue weighted by Gasteiger charge is 2.12. The van der Waals surface area contributed by atoms with Crippen molar-refractivity contribution in [2.45, 2.75) is 198 Å². The lowest BCUT2D eigenvalue weighted by Gasteiger charge is -2.11. The molecule has 5 aromatic rings. The zero-order valence-corrected chi connectivity index (χ0v) is 41.0. The van der Waals surface area contributed by atoms with Crippen LogP contribution in [0.4, 0.5) is 0 Å². The molecule has 0 atom stereocenters. The molecule has 0 amide bonds. The lowest BCUT2D eigenvalue weighted by Crippen LogP contribution is -2.03. The predicted molar refractivity (Wildman–Crippen MR) is 251 cm³/mol. The molecule has 0 spiro atoms. The van der Waals surface area contributed by atoms with Gasteiger partial charge < -0.3 is 0 Å². The van der Waals surface area contributed by atoms with E-state index in [4.69, 9.17) is 0 Å². The fourth-order valence-corrected chi connectivity index (χ4v) is 5.18. The third-order valence-electron chi connectivity index (χ3n) is 9.29. The lowest BCUT2D eigenvalue weighted by atomic mass is 10.0. The summed E-state index contributed by atoms with van der Waals surface area (Å²) in [6.07, 6.45) is 10.7. The van der Waals surface area contributed by atoms with Crippen LogP contribution in [-0.4, -0.2) is 50.1 Å². The average molecular weight is 821 g/mol. The van der Waals surface area contributed by atoms with Crippen LogP contribution in [0.1, 0.15) is 255 Å². The smallest absolute Gasteiger partial charge is 0.131 e. The maximum atomic E-state index is 4.51. The highest BCUT2D eigenvalue weighted by Crippen LogP contribution is 2.21. The van der Waals surface area contributed by atoms with Gasteiger partial charge in [0.1, 0.15) is 12.2 Å². The van der Waals surface area contributed by atoms with Gasteiger partial charge in [-0.2, -0.15) is 10.2 Å². The van der Waals surface area contributed by atoms with Crippen LogP contribution in [0.15, 0.2) is 61.6 Å². The number of rotatable bonds is 10. The summed E-state index contributed by atoms with van der Waals surface area (Å²) in [4.78, 5) is 34.4. The first-order valence-electron chi connectivity index (χ1n) is 22.2. The Kier molecular flexibility index (Phi) is 24.3. The minimum Gasteiger partial charge on any atom is -0.261 e. The Hall–Kier alpha value is -4.60. The van der Waals surface area contributed by atoms with Gasteiger partial charge >= 0.3 is 0 Å². The number of nitrogens with zero attached hydrogens (tertiary/aromatic N) is 10. The van der Waals surface area contributed by atoms with E-state index in [2.05, 4.69) is 207 Å². The molecule has 5 heterocycles. The van der Waals surface area contributed by atoms with Crippen molar-refractivity contribution >= 4 is 0 Å². The molecule has 330 valence electrons. The van der Waals surface area contributed by atoms with Gasteiger partial charge in [-0.25, -0.2) is 19.9 Å². The molecule has 0 aliphatic rings. The van der Waals surface area contributed by atoms with Gasteiger partial charge in [0.25, 0.3) is 0 Å². The van der Waals surface area contributed by atoms with Crippen molar-refractivity contribution < 1.29 is 0 Å². The third-order valence-corrected chi connectivity index (χ3v) is 9.29. The second-order valence-electron chi connectivity index (χ2n) is 18.3. The molecule has 0 unspecified atom stereocenters. The van der Waals surface area contributed by atoms with Crippen LogP contribution in [-0.2, 0) is 0 Å². The van der Waals surface area contributed by atoms with Gasteiger partial charge in [0.15, 0.2) is 0 Å². The van der Waals surface area contributed by atoms with Gasteiger partial charge in [0.05, 0.1) is 34.2 Å². The second kappa shape index (κ2) is 27.3. The molecule has 0 aliphatic heterocycles. The SMILES string of the molecule is CC(C)c1cc(C(C)C)ncn1.CC(C)c1ccc(C(C)C)nn1.CC(C)c1ccnc(C(C)C)n1.CC(C)c1cncc(C(C)C)n1.CC(C)c1nccnc1C(C)C. The molecule has 0 fully saturated rings. The van der Waals surface area contributed by atoms with E-state index in [1.54, 1.807) is 18.7 Å². The molecule has 0 aliphatic carbocycles. The van der Waals surface area contributed by atoms with Crippen molar-refractivity contribution in [1.82, 2.24) is 50.1 Å². The molecule has 10 heteroatoms. The van der Waals surface area contributed by atoms with Crippen LogP contribution in [0.2, 0.25) is 0 Å². The Bertz CT molecular complexity index is 1640. The van der Waals surface area contributed by atoms with E-state index < -0.39 is 0 Å². The molecular formula is C50H80N10. The predicted octanol–water partition coefficient (Wildman–Crippen LogP) is 13.6. The molecule has 10 nitrogen and oxygen atoms in total. The van der Waals surface area contributed by atoms with E-state index in [0.717, 1.165) is 57.1 Å². The number of hydrogen-bond donors (Lipinski definition) is 0. The molecule has 5 aromatic heterocycles. The van der Waals surface area contributed by atoms with Crippen LogP contribution in [0.25, 0.3) is 0 Å². The summed E-state index contributed by atoms with van der Waals surface area (Å²) in [5.41, 5.74) is 9.97. The summed E-state index contributed by atoms with van der Waals surface area (Å²) < 4.78 is 0. The van der Waals surface area contributed by atoms with Gasteiger partial charge in [0, 0.05) is 54.0 Å². The maximum absolute atomic E-state index is 4.51. The third kappa shape index (κ3) is 19.6. The van der Waals surface area contributed by atoms with E-state index in [1.807, 2.05) is 24.7 Å². The van der Waals surface area contributed by atoms with Gasteiger partial charge in [-0.1, -0.05) is 138 Å². The quantitative estimate of drug-likeness (QED) is 0.134. The van der Waals surface area contributed by atoms with Gasteiger partial charge in [-0.3, -0.25) is 19.9 Å². The van der Waals surface area contributed by atoms with Crippen molar-refractivity contribution in [1.29, 1.82) is 0 Å². The Morgan fingerprint density at radius 3 is 1.02 bits per heavy atom. The van der Waals surface area contributed by atoms with Gasteiger partial charge in [0.2, 0.25) is 0 Å². The van der Waals surface area contributed by atoms with Crippen molar-refractivity contribution in [3.05, 3.63) is 119 Å². The van der Waals surface area contributed by atoms with Gasteiger partial charge in [-0.05, 0) is 77.5 Å². The number of hydrogen-bond acceptors (Lipinski definition) is 10. The zero-order chi connectivity index (χ0) is 45.7. The molecular weight excluding hydrogens is 741 g/mol. The molecule has 0 radical (unpaired) electrons. The molecule has 0 saturated carbocycles. The Labute approximate surface area is 365 Å². The first kappa shape index (κ1) is 53.4. The van der Waals surface area contributed by atoms with Crippen molar-refractivity contribution in [2.24, 2.45) is 0 Å². The van der Waals surface area contributed by atoms with E-state index in [0.29, 0.717) is 59.2 Å². The topological polar surface area (TPSA) is 129 Å². The van der Waals surface area contributed by atoms with Crippen LogP contribution in [0.3, 0.4) is 0 Å². The minimum absolute atomic E-state index is 0.420. The normalized spacial score (nSPS) is 11.2. The first-order chi connectivity index (χ1) is 28.1. The highest BCUT2D eigenvalue weighted by molar-refractivity contribution is 5.18. The van der Waals surface area contributed by atoms with E-state index in [1.165, 1.54) is 0 Å². The first-order valence-corrected chi connectivity index (χ1v) is 22.2. The van der Waals surface area contributed by atoms with Crippen molar-refractivity contribution in [3.63, 3.8) is 0 Å². The van der Waals surface area contributed by atoms with Crippen LogP contribution in [0.5, 0.6) is 0 Å². The van der Waals surface area contributed by atoms with Crippen molar-refractivity contribution in [2.75, 3.05) is 0 Å². The summed E-state index contributed by atoms with van der Waals surface area (Å²) in [5.74, 6) is 5.66. The van der Waals surface area contributed by atoms with E-state index in [9.17, 15) is 0 Å². The monoisotopic (exact) mass is 821 g/mol. The molecule has 0 bridgehead atoms.